The molecule has 7 aromatic rings. The summed E-state index contributed by atoms with van der Waals surface area (Å²) >= 11 is 0. The number of fused-ring (bicyclic) bond motifs is 4. The van der Waals surface area contributed by atoms with Gasteiger partial charge in [0.25, 0.3) is 0 Å². The molecule has 0 saturated heterocycles. The number of hydrogen-bond donors (Lipinski definition) is 0. The van der Waals surface area contributed by atoms with Crippen LogP contribution in [0.2, 0.25) is 0 Å². The van der Waals surface area contributed by atoms with Gasteiger partial charge >= 0.3 is 0 Å². The van der Waals surface area contributed by atoms with Crippen LogP contribution >= 0.6 is 0 Å². The van der Waals surface area contributed by atoms with Crippen LogP contribution in [0, 0.1) is 0 Å². The second kappa shape index (κ2) is 10.8. The van der Waals surface area contributed by atoms with Crippen LogP contribution in [0.25, 0.3) is 38.8 Å². The highest BCUT2D eigenvalue weighted by molar-refractivity contribution is 6.09. The first-order valence-corrected chi connectivity index (χ1v) is 15.7. The lowest BCUT2D eigenvalue weighted by atomic mass is 9.88. The SMILES string of the molecule is CN1CN(c2ccnc(Oc3ccc4c5ccccc5n(-c5cc(C(C)(C)C)ccn5)c4c3)c2)c2cccc(-c3ccccc3)c21. The van der Waals surface area contributed by atoms with Crippen molar-refractivity contribution in [2.24, 2.45) is 0 Å². The molecular formula is C40H35N5O. The third-order valence-corrected chi connectivity index (χ3v) is 8.86. The fourth-order valence-electron chi connectivity index (χ4n) is 6.59. The van der Waals surface area contributed by atoms with Crippen molar-refractivity contribution in [3.63, 3.8) is 0 Å². The second-order valence-corrected chi connectivity index (χ2v) is 12.9. The van der Waals surface area contributed by atoms with E-state index in [4.69, 9.17) is 9.72 Å². The number of rotatable bonds is 5. The summed E-state index contributed by atoms with van der Waals surface area (Å²) in [6.45, 7) is 7.42. The number of aromatic nitrogens is 3. The first-order valence-electron chi connectivity index (χ1n) is 15.7. The second-order valence-electron chi connectivity index (χ2n) is 12.9. The molecule has 4 aromatic carbocycles. The Hall–Kier alpha value is -5.62. The summed E-state index contributed by atoms with van der Waals surface area (Å²) in [4.78, 5) is 14.0. The maximum Gasteiger partial charge on any atom is 0.221 e. The van der Waals surface area contributed by atoms with Gasteiger partial charge in [-0.2, -0.15) is 0 Å². The van der Waals surface area contributed by atoms with Gasteiger partial charge in [0.2, 0.25) is 5.88 Å². The van der Waals surface area contributed by atoms with E-state index >= 15 is 0 Å². The van der Waals surface area contributed by atoms with E-state index in [-0.39, 0.29) is 5.41 Å². The van der Waals surface area contributed by atoms with Gasteiger partial charge in [0, 0.05) is 53.6 Å². The highest BCUT2D eigenvalue weighted by atomic mass is 16.5. The largest absolute Gasteiger partial charge is 0.439 e. The standard InChI is InChI=1S/C40H35N5O/c1-40(2,3)28-19-21-41-37(23-28)45-34-15-9-8-13-32(34)33-18-17-30(25-36(33)45)46-38-24-29(20-22-42-38)44-26-43(4)39-31(14-10-16-35(39)44)27-11-6-5-7-12-27/h5-25H,26H2,1-4H3. The number of anilines is 3. The number of nitrogens with zero attached hydrogens (tertiary/aromatic N) is 5. The molecule has 6 heteroatoms. The van der Waals surface area contributed by atoms with Crippen LogP contribution in [-0.4, -0.2) is 28.3 Å². The van der Waals surface area contributed by atoms with Crippen molar-refractivity contribution in [2.75, 3.05) is 23.5 Å². The lowest BCUT2D eigenvalue weighted by molar-refractivity contribution is 0.463. The zero-order chi connectivity index (χ0) is 31.4. The van der Waals surface area contributed by atoms with Crippen LogP contribution < -0.4 is 14.5 Å². The van der Waals surface area contributed by atoms with Crippen LogP contribution in [0.4, 0.5) is 17.1 Å². The third kappa shape index (κ3) is 4.74. The van der Waals surface area contributed by atoms with Crippen molar-refractivity contribution in [1.82, 2.24) is 14.5 Å². The number of para-hydroxylation sites is 2. The van der Waals surface area contributed by atoms with E-state index in [1.807, 2.05) is 30.6 Å². The molecule has 226 valence electrons. The molecule has 0 radical (unpaired) electrons. The Balaban J connectivity index is 1.17. The summed E-state index contributed by atoms with van der Waals surface area (Å²) in [7, 11) is 2.14. The average Bonchev–Trinajstić information content (AvgIpc) is 3.59. The van der Waals surface area contributed by atoms with Gasteiger partial charge in [-0.25, -0.2) is 9.97 Å². The normalized spacial score (nSPS) is 13.0. The van der Waals surface area contributed by atoms with Gasteiger partial charge in [0.05, 0.1) is 29.1 Å². The molecular weight excluding hydrogens is 566 g/mol. The van der Waals surface area contributed by atoms with Crippen LogP contribution in [0.1, 0.15) is 26.3 Å². The average molecular weight is 602 g/mol. The minimum Gasteiger partial charge on any atom is -0.439 e. The molecule has 1 aliphatic heterocycles. The summed E-state index contributed by atoms with van der Waals surface area (Å²) < 4.78 is 8.71. The molecule has 6 nitrogen and oxygen atoms in total. The van der Waals surface area contributed by atoms with Gasteiger partial charge in [-0.3, -0.25) is 4.57 Å². The number of benzene rings is 4. The van der Waals surface area contributed by atoms with E-state index in [1.54, 1.807) is 0 Å². The van der Waals surface area contributed by atoms with Crippen molar-refractivity contribution >= 4 is 38.9 Å². The van der Waals surface area contributed by atoms with Crippen molar-refractivity contribution < 1.29 is 4.74 Å². The van der Waals surface area contributed by atoms with Gasteiger partial charge in [-0.1, -0.05) is 81.4 Å². The summed E-state index contributed by atoms with van der Waals surface area (Å²) in [5.41, 5.74) is 9.24. The van der Waals surface area contributed by atoms with Gasteiger partial charge < -0.3 is 14.5 Å². The molecule has 0 amide bonds. The molecule has 0 fully saturated rings. The molecule has 46 heavy (non-hydrogen) atoms. The Bertz CT molecular complexity index is 2230. The first kappa shape index (κ1) is 27.9. The van der Waals surface area contributed by atoms with Crippen molar-refractivity contribution in [3.8, 4) is 28.6 Å². The molecule has 0 spiro atoms. The topological polar surface area (TPSA) is 46.4 Å². The van der Waals surface area contributed by atoms with Crippen LogP contribution in [0.3, 0.4) is 0 Å². The first-order chi connectivity index (χ1) is 22.3. The molecule has 0 atom stereocenters. The van der Waals surface area contributed by atoms with Gasteiger partial charge in [-0.05, 0) is 59.0 Å². The summed E-state index contributed by atoms with van der Waals surface area (Å²) in [6, 6.07) is 40.2. The van der Waals surface area contributed by atoms with E-state index in [9.17, 15) is 0 Å². The highest BCUT2D eigenvalue weighted by Gasteiger charge is 2.28. The minimum absolute atomic E-state index is 0.00911. The molecule has 0 unspecified atom stereocenters. The molecule has 4 heterocycles. The number of pyridine rings is 2. The highest BCUT2D eigenvalue weighted by Crippen LogP contribution is 2.46. The van der Waals surface area contributed by atoms with Crippen LogP contribution in [0.15, 0.2) is 128 Å². The van der Waals surface area contributed by atoms with Gasteiger partial charge in [0.15, 0.2) is 0 Å². The lowest BCUT2D eigenvalue weighted by Gasteiger charge is -2.20. The van der Waals surface area contributed by atoms with Crippen LogP contribution in [0.5, 0.6) is 11.6 Å². The number of hydrogen-bond acceptors (Lipinski definition) is 5. The zero-order valence-electron chi connectivity index (χ0n) is 26.5. The Labute approximate surface area is 269 Å². The van der Waals surface area contributed by atoms with E-state index < -0.39 is 0 Å². The molecule has 3 aromatic heterocycles. The molecule has 0 aliphatic carbocycles. The van der Waals surface area contributed by atoms with E-state index in [2.05, 4.69) is 144 Å². The fourth-order valence-corrected chi connectivity index (χ4v) is 6.59. The predicted molar refractivity (Wildman–Crippen MR) is 189 cm³/mol. The van der Waals surface area contributed by atoms with Gasteiger partial charge in [-0.15, -0.1) is 0 Å². The van der Waals surface area contributed by atoms with Crippen molar-refractivity contribution in [2.45, 2.75) is 26.2 Å². The molecule has 8 rings (SSSR count). The smallest absolute Gasteiger partial charge is 0.221 e. The third-order valence-electron chi connectivity index (χ3n) is 8.86. The van der Waals surface area contributed by atoms with Crippen LogP contribution in [-0.2, 0) is 5.41 Å². The van der Waals surface area contributed by atoms with Crippen molar-refractivity contribution in [3.05, 3.63) is 133 Å². The monoisotopic (exact) mass is 601 g/mol. The van der Waals surface area contributed by atoms with E-state index in [0.717, 1.165) is 46.0 Å². The minimum atomic E-state index is 0.00911. The Morgan fingerprint density at radius 2 is 1.48 bits per heavy atom. The molecule has 1 aliphatic rings. The molecule has 0 N–H and O–H groups in total. The van der Waals surface area contributed by atoms with E-state index in [1.165, 1.54) is 27.8 Å². The Kier molecular flexibility index (Phi) is 6.53. The predicted octanol–water partition coefficient (Wildman–Crippen LogP) is 9.88. The van der Waals surface area contributed by atoms with Gasteiger partial charge in [0.1, 0.15) is 11.6 Å². The summed E-state index contributed by atoms with van der Waals surface area (Å²) in [5.74, 6) is 2.16. The molecule has 0 saturated carbocycles. The zero-order valence-corrected chi connectivity index (χ0v) is 26.5. The number of ether oxygens (including phenoxy) is 1. The molecule has 0 bridgehead atoms. The maximum absolute atomic E-state index is 6.47. The van der Waals surface area contributed by atoms with Crippen molar-refractivity contribution in [1.29, 1.82) is 0 Å². The Morgan fingerprint density at radius 3 is 2.33 bits per heavy atom. The summed E-state index contributed by atoms with van der Waals surface area (Å²) in [6.07, 6.45) is 3.73. The quantitative estimate of drug-likeness (QED) is 0.197. The van der Waals surface area contributed by atoms with E-state index in [0.29, 0.717) is 5.88 Å². The Morgan fingerprint density at radius 1 is 0.696 bits per heavy atom. The maximum atomic E-state index is 6.47. The fraction of sp³-hybridized carbons (Fsp3) is 0.150. The lowest BCUT2D eigenvalue weighted by Crippen LogP contribution is -2.24. The summed E-state index contributed by atoms with van der Waals surface area (Å²) in [5, 5.41) is 2.33.